The van der Waals surface area contributed by atoms with Crippen molar-refractivity contribution >= 4 is 11.3 Å². The molecule has 2 heteroatoms. The number of fused-ring (bicyclic) bond motifs is 2. The highest BCUT2D eigenvalue weighted by Crippen LogP contribution is 2.32. The van der Waals surface area contributed by atoms with Gasteiger partial charge in [0.1, 0.15) is 0 Å². The molecule has 0 radical (unpaired) electrons. The summed E-state index contributed by atoms with van der Waals surface area (Å²) in [7, 11) is 0. The summed E-state index contributed by atoms with van der Waals surface area (Å²) in [5.41, 5.74) is 5.95. The Morgan fingerprint density at radius 2 is 1.50 bits per heavy atom. The fraction of sp³-hybridized carbons (Fsp3) is 0.0625. The second-order valence-electron chi connectivity index (χ2n) is 4.40. The Labute approximate surface area is 106 Å². The minimum atomic E-state index is 0.628. The minimum Gasteiger partial charge on any atom is -0.411 e. The van der Waals surface area contributed by atoms with Crippen LogP contribution in [0.4, 0.5) is 0 Å². The molecule has 3 rings (SSSR count). The van der Waals surface area contributed by atoms with E-state index in [1.165, 1.54) is 0 Å². The van der Waals surface area contributed by atoms with E-state index in [4.69, 9.17) is 0 Å². The summed E-state index contributed by atoms with van der Waals surface area (Å²) in [4.78, 5) is 0. The molecule has 0 fully saturated rings. The lowest BCUT2D eigenvalue weighted by atomic mass is 9.96. The van der Waals surface area contributed by atoms with Crippen LogP contribution in [0.2, 0.25) is 0 Å². The Bertz CT molecular complexity index is 656. The zero-order chi connectivity index (χ0) is 12.5. The molecule has 2 aromatic rings. The summed E-state index contributed by atoms with van der Waals surface area (Å²) in [6.45, 7) is 4.19. The lowest BCUT2D eigenvalue weighted by Gasteiger charge is -2.08. The molecular formula is C16H13NO. The summed E-state index contributed by atoms with van der Waals surface area (Å²) in [6.07, 6.45) is 0.628. The van der Waals surface area contributed by atoms with E-state index in [0.717, 1.165) is 27.8 Å². The zero-order valence-corrected chi connectivity index (χ0v) is 9.93. The van der Waals surface area contributed by atoms with E-state index >= 15 is 0 Å². The van der Waals surface area contributed by atoms with Crippen molar-refractivity contribution in [3.05, 3.63) is 77.4 Å². The number of hydrogen-bond acceptors (Lipinski definition) is 2. The maximum atomic E-state index is 9.23. The molecule has 1 N–H and O–H groups in total. The first-order chi connectivity index (χ1) is 8.81. The predicted octanol–water partition coefficient (Wildman–Crippen LogP) is 3.48. The Morgan fingerprint density at radius 3 is 2.22 bits per heavy atom. The standard InChI is InChI=1S/C16H13NO/c1-11-13-7-3-2-6-12(13)10-16(17-18)15-9-5-4-8-14(11)15/h2-9,18H,1,10H2. The molecule has 0 spiro atoms. The van der Waals surface area contributed by atoms with Gasteiger partial charge in [-0.3, -0.25) is 0 Å². The Balaban J connectivity index is 2.31. The van der Waals surface area contributed by atoms with Crippen LogP contribution in [0.1, 0.15) is 22.3 Å². The molecule has 0 aromatic heterocycles. The van der Waals surface area contributed by atoms with Crippen molar-refractivity contribution in [2.45, 2.75) is 6.42 Å². The van der Waals surface area contributed by atoms with Gasteiger partial charge in [0.2, 0.25) is 0 Å². The fourth-order valence-corrected chi connectivity index (χ4v) is 2.48. The van der Waals surface area contributed by atoms with Crippen molar-refractivity contribution in [2.75, 3.05) is 0 Å². The number of nitrogens with zero attached hydrogens (tertiary/aromatic N) is 1. The first-order valence-electron chi connectivity index (χ1n) is 5.89. The highest BCUT2D eigenvalue weighted by atomic mass is 16.4. The molecule has 0 bridgehead atoms. The van der Waals surface area contributed by atoms with Gasteiger partial charge in [-0.05, 0) is 22.3 Å². The van der Waals surface area contributed by atoms with Gasteiger partial charge in [0.05, 0.1) is 5.71 Å². The van der Waals surface area contributed by atoms with Gasteiger partial charge in [-0.25, -0.2) is 0 Å². The SMILES string of the molecule is C=C1c2ccccc2CC(=NO)c2ccccc21. The number of hydrogen-bond donors (Lipinski definition) is 1. The lowest BCUT2D eigenvalue weighted by molar-refractivity contribution is 0.318. The van der Waals surface area contributed by atoms with Crippen LogP contribution in [0.15, 0.2) is 60.3 Å². The molecule has 2 aromatic carbocycles. The summed E-state index contributed by atoms with van der Waals surface area (Å²) < 4.78 is 0. The van der Waals surface area contributed by atoms with Gasteiger partial charge in [-0.1, -0.05) is 60.3 Å². The van der Waals surface area contributed by atoms with E-state index in [-0.39, 0.29) is 0 Å². The molecule has 0 aliphatic heterocycles. The number of rotatable bonds is 0. The van der Waals surface area contributed by atoms with Crippen molar-refractivity contribution in [2.24, 2.45) is 5.16 Å². The van der Waals surface area contributed by atoms with Crippen LogP contribution < -0.4 is 0 Å². The quantitative estimate of drug-likeness (QED) is 0.550. The molecule has 0 saturated heterocycles. The third-order valence-corrected chi connectivity index (χ3v) is 3.38. The van der Waals surface area contributed by atoms with Gasteiger partial charge < -0.3 is 5.21 Å². The van der Waals surface area contributed by atoms with Crippen molar-refractivity contribution in [1.82, 2.24) is 0 Å². The molecular weight excluding hydrogens is 222 g/mol. The number of oxime groups is 1. The monoisotopic (exact) mass is 235 g/mol. The van der Waals surface area contributed by atoms with Gasteiger partial charge in [0.25, 0.3) is 0 Å². The van der Waals surface area contributed by atoms with Crippen molar-refractivity contribution in [3.63, 3.8) is 0 Å². The summed E-state index contributed by atoms with van der Waals surface area (Å²) in [6, 6.07) is 16.0. The van der Waals surface area contributed by atoms with E-state index in [1.54, 1.807) is 0 Å². The van der Waals surface area contributed by atoms with E-state index in [9.17, 15) is 5.21 Å². The number of benzene rings is 2. The topological polar surface area (TPSA) is 32.6 Å². The van der Waals surface area contributed by atoms with E-state index in [0.29, 0.717) is 12.1 Å². The van der Waals surface area contributed by atoms with Gasteiger partial charge >= 0.3 is 0 Å². The summed E-state index contributed by atoms with van der Waals surface area (Å²) in [5, 5.41) is 12.7. The van der Waals surface area contributed by atoms with Crippen LogP contribution in [0.25, 0.3) is 5.57 Å². The molecule has 88 valence electrons. The molecule has 0 amide bonds. The highest BCUT2D eigenvalue weighted by molar-refractivity contribution is 6.08. The summed E-state index contributed by atoms with van der Waals surface area (Å²) >= 11 is 0. The van der Waals surface area contributed by atoms with Gasteiger partial charge in [-0.15, -0.1) is 0 Å². The zero-order valence-electron chi connectivity index (χ0n) is 9.93. The normalized spacial score (nSPS) is 16.0. The van der Waals surface area contributed by atoms with Crippen molar-refractivity contribution in [1.29, 1.82) is 0 Å². The fourth-order valence-electron chi connectivity index (χ4n) is 2.48. The average molecular weight is 235 g/mol. The van der Waals surface area contributed by atoms with Crippen molar-refractivity contribution in [3.8, 4) is 0 Å². The van der Waals surface area contributed by atoms with Gasteiger partial charge in [0, 0.05) is 12.0 Å². The van der Waals surface area contributed by atoms with Crippen LogP contribution in [0, 0.1) is 0 Å². The first-order valence-corrected chi connectivity index (χ1v) is 5.89. The van der Waals surface area contributed by atoms with E-state index in [1.807, 2.05) is 36.4 Å². The molecule has 0 saturated carbocycles. The minimum absolute atomic E-state index is 0.628. The lowest BCUT2D eigenvalue weighted by Crippen LogP contribution is -2.05. The van der Waals surface area contributed by atoms with Gasteiger partial charge in [-0.2, -0.15) is 0 Å². The molecule has 1 aliphatic carbocycles. The smallest absolute Gasteiger partial charge is 0.0917 e. The van der Waals surface area contributed by atoms with E-state index in [2.05, 4.69) is 23.9 Å². The first kappa shape index (κ1) is 10.8. The molecule has 0 unspecified atom stereocenters. The predicted molar refractivity (Wildman–Crippen MR) is 73.0 cm³/mol. The Morgan fingerprint density at radius 1 is 0.889 bits per heavy atom. The molecule has 2 nitrogen and oxygen atoms in total. The molecule has 0 heterocycles. The largest absolute Gasteiger partial charge is 0.411 e. The highest BCUT2D eigenvalue weighted by Gasteiger charge is 2.20. The molecule has 18 heavy (non-hydrogen) atoms. The Hall–Kier alpha value is -2.35. The molecule has 0 atom stereocenters. The maximum Gasteiger partial charge on any atom is 0.0917 e. The average Bonchev–Trinajstić information content (AvgIpc) is 2.55. The molecule has 1 aliphatic rings. The van der Waals surface area contributed by atoms with E-state index < -0.39 is 0 Å². The summed E-state index contributed by atoms with van der Waals surface area (Å²) in [5.74, 6) is 0. The maximum absolute atomic E-state index is 9.23. The second-order valence-corrected chi connectivity index (χ2v) is 4.40. The third-order valence-electron chi connectivity index (χ3n) is 3.38. The van der Waals surface area contributed by atoms with Gasteiger partial charge in [0.15, 0.2) is 0 Å². The third kappa shape index (κ3) is 1.54. The second kappa shape index (κ2) is 4.15. The van der Waals surface area contributed by atoms with Crippen LogP contribution in [0.3, 0.4) is 0 Å². The Kier molecular flexibility index (Phi) is 2.49. The van der Waals surface area contributed by atoms with Crippen molar-refractivity contribution < 1.29 is 5.21 Å². The van der Waals surface area contributed by atoms with Crippen LogP contribution in [-0.4, -0.2) is 10.9 Å². The van der Waals surface area contributed by atoms with Crippen LogP contribution >= 0.6 is 0 Å². The van der Waals surface area contributed by atoms with Crippen LogP contribution in [-0.2, 0) is 6.42 Å². The van der Waals surface area contributed by atoms with Crippen LogP contribution in [0.5, 0.6) is 0 Å².